The predicted molar refractivity (Wildman–Crippen MR) is 84.2 cm³/mol. The fourth-order valence-electron chi connectivity index (χ4n) is 2.07. The molecule has 0 aromatic heterocycles. The summed E-state index contributed by atoms with van der Waals surface area (Å²) in [6, 6.07) is 14.6. The third-order valence-corrected chi connectivity index (χ3v) is 4.90. The molecule has 2 aromatic carbocycles. The molecule has 0 bridgehead atoms. The van der Waals surface area contributed by atoms with Gasteiger partial charge in [0.15, 0.2) is 0 Å². The van der Waals surface area contributed by atoms with Gasteiger partial charge in [0, 0.05) is 0 Å². The number of rotatable bonds is 7. The van der Waals surface area contributed by atoms with Crippen LogP contribution in [0.5, 0.6) is 0 Å². The van der Waals surface area contributed by atoms with Crippen LogP contribution in [0.2, 0.25) is 0 Å². The monoisotopic (exact) mass is 320 g/mol. The van der Waals surface area contributed by atoms with E-state index in [-0.39, 0.29) is 23.7 Å². The molecule has 0 heterocycles. The summed E-state index contributed by atoms with van der Waals surface area (Å²) in [4.78, 5) is 10.6. The first kappa shape index (κ1) is 16.0. The predicted octanol–water partition coefficient (Wildman–Crippen LogP) is 1.44. The van der Waals surface area contributed by atoms with Gasteiger partial charge in [-0.25, -0.2) is 8.42 Å². The summed E-state index contributed by atoms with van der Waals surface area (Å²) in [6.45, 7) is -0.404. The average Bonchev–Trinajstić information content (AvgIpc) is 2.54. The van der Waals surface area contributed by atoms with Crippen molar-refractivity contribution in [2.75, 3.05) is 22.8 Å². The number of anilines is 2. The number of carbonyl (C=O) groups excluding carboxylic acids is 1. The van der Waals surface area contributed by atoms with Crippen molar-refractivity contribution >= 4 is 27.8 Å². The molecule has 0 aliphatic carbocycles. The smallest absolute Gasteiger partial charge is 0.266 e. The molecule has 116 valence electrons. The number of hydrogen-bond acceptors (Lipinski definition) is 4. The van der Waals surface area contributed by atoms with Crippen LogP contribution in [-0.4, -0.2) is 33.1 Å². The molecule has 7 heteroatoms. The molecule has 0 spiro atoms. The van der Waals surface area contributed by atoms with Crippen molar-refractivity contribution < 1.29 is 18.3 Å². The van der Waals surface area contributed by atoms with Crippen molar-refractivity contribution in [3.63, 3.8) is 0 Å². The van der Waals surface area contributed by atoms with E-state index in [9.17, 15) is 18.3 Å². The highest BCUT2D eigenvalue weighted by Crippen LogP contribution is 2.27. The van der Waals surface area contributed by atoms with E-state index < -0.39 is 10.0 Å². The van der Waals surface area contributed by atoms with E-state index in [0.717, 1.165) is 4.31 Å². The van der Waals surface area contributed by atoms with Gasteiger partial charge in [-0.3, -0.25) is 9.10 Å². The third-order valence-electron chi connectivity index (χ3n) is 3.02. The van der Waals surface area contributed by atoms with Gasteiger partial charge in [-0.1, -0.05) is 30.3 Å². The Labute approximate surface area is 129 Å². The lowest BCUT2D eigenvalue weighted by Crippen LogP contribution is -2.34. The van der Waals surface area contributed by atoms with Crippen molar-refractivity contribution in [2.24, 2.45) is 0 Å². The maximum absolute atomic E-state index is 12.9. The Hall–Kier alpha value is -2.38. The fraction of sp³-hybridized carbons (Fsp3) is 0.133. The van der Waals surface area contributed by atoms with Gasteiger partial charge in [0.25, 0.3) is 10.0 Å². The third kappa shape index (κ3) is 3.26. The van der Waals surface area contributed by atoms with E-state index in [1.54, 1.807) is 42.5 Å². The molecule has 0 aliphatic rings. The molecule has 1 amide bonds. The topological polar surface area (TPSA) is 86.7 Å². The number of sulfonamides is 1. The molecular formula is C15H16N2O4S. The number of aliphatic hydroxyl groups is 1. The zero-order chi connectivity index (χ0) is 16.0. The van der Waals surface area contributed by atoms with E-state index in [4.69, 9.17) is 0 Å². The summed E-state index contributed by atoms with van der Waals surface area (Å²) < 4.78 is 26.9. The molecule has 0 saturated carbocycles. The first-order valence-corrected chi connectivity index (χ1v) is 8.03. The summed E-state index contributed by atoms with van der Waals surface area (Å²) in [5.74, 6) is 0. The van der Waals surface area contributed by atoms with Crippen LogP contribution in [0, 0.1) is 0 Å². The number of carbonyl (C=O) groups is 1. The maximum atomic E-state index is 12.9. The zero-order valence-electron chi connectivity index (χ0n) is 11.7. The van der Waals surface area contributed by atoms with Gasteiger partial charge in [0.05, 0.1) is 24.5 Å². The van der Waals surface area contributed by atoms with Gasteiger partial charge in [0.2, 0.25) is 6.41 Å². The van der Waals surface area contributed by atoms with Crippen molar-refractivity contribution in [1.29, 1.82) is 0 Å². The first-order chi connectivity index (χ1) is 10.6. The van der Waals surface area contributed by atoms with Gasteiger partial charge in [0.1, 0.15) is 4.90 Å². The van der Waals surface area contributed by atoms with Crippen LogP contribution in [0.4, 0.5) is 11.4 Å². The van der Waals surface area contributed by atoms with E-state index in [1.807, 2.05) is 0 Å². The van der Waals surface area contributed by atoms with Crippen LogP contribution in [0.15, 0.2) is 59.5 Å². The lowest BCUT2D eigenvalue weighted by atomic mass is 10.3. The summed E-state index contributed by atoms with van der Waals surface area (Å²) in [5, 5.41) is 11.6. The van der Waals surface area contributed by atoms with Crippen LogP contribution in [-0.2, 0) is 14.8 Å². The van der Waals surface area contributed by atoms with Crippen LogP contribution < -0.4 is 9.62 Å². The number of nitrogens with zero attached hydrogens (tertiary/aromatic N) is 1. The molecule has 2 rings (SSSR count). The highest BCUT2D eigenvalue weighted by molar-refractivity contribution is 7.93. The Morgan fingerprint density at radius 2 is 1.68 bits per heavy atom. The second-order valence-corrected chi connectivity index (χ2v) is 6.23. The molecule has 2 N–H and O–H groups in total. The van der Waals surface area contributed by atoms with E-state index in [2.05, 4.69) is 5.32 Å². The van der Waals surface area contributed by atoms with Gasteiger partial charge >= 0.3 is 0 Å². The molecule has 0 unspecified atom stereocenters. The zero-order valence-corrected chi connectivity index (χ0v) is 12.5. The van der Waals surface area contributed by atoms with Gasteiger partial charge < -0.3 is 10.4 Å². The molecule has 22 heavy (non-hydrogen) atoms. The molecule has 0 radical (unpaired) electrons. The standard InChI is InChI=1S/C15H16N2O4S/c18-11-10-17(13-6-2-1-3-7-13)22(20,21)15-9-5-4-8-14(15)16-12-19/h1-9,12,18H,10-11H2,(H,16,19). The number of benzene rings is 2. The summed E-state index contributed by atoms with van der Waals surface area (Å²) >= 11 is 0. The lowest BCUT2D eigenvalue weighted by Gasteiger charge is -2.24. The molecule has 0 aliphatic heterocycles. The van der Waals surface area contributed by atoms with Gasteiger partial charge in [-0.15, -0.1) is 0 Å². The second-order valence-electron chi connectivity index (χ2n) is 4.39. The Morgan fingerprint density at radius 3 is 2.32 bits per heavy atom. The molecule has 0 fully saturated rings. The number of nitrogens with one attached hydrogen (secondary N) is 1. The van der Waals surface area contributed by atoms with E-state index >= 15 is 0 Å². The largest absolute Gasteiger partial charge is 0.394 e. The minimum absolute atomic E-state index is 0.0283. The van der Waals surface area contributed by atoms with Crippen LogP contribution >= 0.6 is 0 Å². The number of amides is 1. The van der Waals surface area contributed by atoms with E-state index in [0.29, 0.717) is 12.1 Å². The number of para-hydroxylation sites is 2. The average molecular weight is 320 g/mol. The van der Waals surface area contributed by atoms with Crippen LogP contribution in [0.25, 0.3) is 0 Å². The maximum Gasteiger partial charge on any atom is 0.266 e. The fourth-order valence-corrected chi connectivity index (χ4v) is 3.68. The molecule has 6 nitrogen and oxygen atoms in total. The SMILES string of the molecule is O=CNc1ccccc1S(=O)(=O)N(CCO)c1ccccc1. The Bertz CT molecular complexity index is 732. The van der Waals surface area contributed by atoms with Crippen molar-refractivity contribution in [3.05, 3.63) is 54.6 Å². The van der Waals surface area contributed by atoms with Crippen molar-refractivity contribution in [3.8, 4) is 0 Å². The molecular weight excluding hydrogens is 304 g/mol. The molecule has 2 aromatic rings. The van der Waals surface area contributed by atoms with Crippen molar-refractivity contribution in [1.82, 2.24) is 0 Å². The highest BCUT2D eigenvalue weighted by Gasteiger charge is 2.26. The van der Waals surface area contributed by atoms with Gasteiger partial charge in [-0.2, -0.15) is 0 Å². The van der Waals surface area contributed by atoms with Crippen LogP contribution in [0.1, 0.15) is 0 Å². The number of hydrogen-bond donors (Lipinski definition) is 2. The van der Waals surface area contributed by atoms with Gasteiger partial charge in [-0.05, 0) is 24.3 Å². The van der Waals surface area contributed by atoms with E-state index in [1.165, 1.54) is 12.1 Å². The second kappa shape index (κ2) is 7.06. The summed E-state index contributed by atoms with van der Waals surface area (Å²) in [5.41, 5.74) is 0.633. The minimum Gasteiger partial charge on any atom is -0.394 e. The molecule has 0 saturated heterocycles. The Kier molecular flexibility index (Phi) is 5.13. The highest BCUT2D eigenvalue weighted by atomic mass is 32.2. The van der Waals surface area contributed by atoms with Crippen LogP contribution in [0.3, 0.4) is 0 Å². The normalized spacial score (nSPS) is 11.0. The summed E-state index contributed by atoms with van der Waals surface area (Å²) in [6.07, 6.45) is 0.424. The summed E-state index contributed by atoms with van der Waals surface area (Å²) in [7, 11) is -3.92. The molecule has 0 atom stereocenters. The van der Waals surface area contributed by atoms with Crippen molar-refractivity contribution in [2.45, 2.75) is 4.90 Å². The first-order valence-electron chi connectivity index (χ1n) is 6.59. The quantitative estimate of drug-likeness (QED) is 0.756. The lowest BCUT2D eigenvalue weighted by molar-refractivity contribution is -0.105. The Morgan fingerprint density at radius 1 is 1.05 bits per heavy atom. The Balaban J connectivity index is 2.53. The number of aliphatic hydroxyl groups excluding tert-OH is 1. The minimum atomic E-state index is -3.92.